The Morgan fingerprint density at radius 3 is 2.38 bits per heavy atom. The Kier molecular flexibility index (Phi) is 3.49. The Balaban J connectivity index is 1.52. The van der Waals surface area contributed by atoms with E-state index < -0.39 is 0 Å². The van der Waals surface area contributed by atoms with Gasteiger partial charge in [-0.1, -0.05) is 24.3 Å². The third kappa shape index (κ3) is 2.42. The predicted octanol–water partition coefficient (Wildman–Crippen LogP) is 6.54. The molecule has 0 spiro atoms. The lowest BCUT2D eigenvalue weighted by molar-refractivity contribution is 0.668. The second-order valence-corrected chi connectivity index (χ2v) is 7.76. The maximum absolute atomic E-state index is 6.09. The van der Waals surface area contributed by atoms with Crippen LogP contribution in [0.2, 0.25) is 0 Å². The average molecular weight is 412 g/mol. The quantitative estimate of drug-likeness (QED) is 0.324. The van der Waals surface area contributed by atoms with E-state index in [0.29, 0.717) is 0 Å². The molecule has 0 aliphatic rings. The van der Waals surface area contributed by atoms with Crippen molar-refractivity contribution in [2.24, 2.45) is 0 Å². The summed E-state index contributed by atoms with van der Waals surface area (Å²) >= 11 is 0. The number of rotatable bonds is 2. The van der Waals surface area contributed by atoms with Gasteiger partial charge in [-0.2, -0.15) is 0 Å². The second kappa shape index (κ2) is 6.49. The van der Waals surface area contributed by atoms with Crippen molar-refractivity contribution >= 4 is 44.0 Å². The number of hydrogen-bond acceptors (Lipinski definition) is 4. The highest BCUT2D eigenvalue weighted by Gasteiger charge is 2.15. The molecule has 0 aliphatic heterocycles. The van der Waals surface area contributed by atoms with Crippen LogP contribution in [0.4, 0.5) is 0 Å². The number of nitrogens with zero attached hydrogens (tertiary/aromatic N) is 4. The molecule has 0 fully saturated rings. The summed E-state index contributed by atoms with van der Waals surface area (Å²) in [4.78, 5) is 14.0. The molecule has 5 nitrogen and oxygen atoms in total. The molecule has 0 aliphatic carbocycles. The molecule has 5 heterocycles. The summed E-state index contributed by atoms with van der Waals surface area (Å²) in [7, 11) is 0. The Bertz CT molecular complexity index is 1730. The molecule has 150 valence electrons. The van der Waals surface area contributed by atoms with Gasteiger partial charge in [0.1, 0.15) is 11.1 Å². The Labute approximate surface area is 182 Å². The van der Waals surface area contributed by atoms with E-state index in [4.69, 9.17) is 9.40 Å². The topological polar surface area (TPSA) is 56.7 Å². The summed E-state index contributed by atoms with van der Waals surface area (Å²) in [5, 5.41) is 2.11. The summed E-state index contributed by atoms with van der Waals surface area (Å²) in [5.41, 5.74) is 8.32. The number of fused-ring (bicyclic) bond motifs is 6. The number of benzene rings is 2. The van der Waals surface area contributed by atoms with Crippen LogP contribution < -0.4 is 0 Å². The van der Waals surface area contributed by atoms with Crippen LogP contribution >= 0.6 is 0 Å². The normalized spacial score (nSPS) is 11.8. The van der Waals surface area contributed by atoms with Crippen LogP contribution in [0.1, 0.15) is 0 Å². The molecule has 0 amide bonds. The van der Waals surface area contributed by atoms with Crippen LogP contribution in [0.15, 0.2) is 102 Å². The van der Waals surface area contributed by atoms with Gasteiger partial charge in [0.15, 0.2) is 5.58 Å². The lowest BCUT2D eigenvalue weighted by Gasteiger charge is -2.07. The molecule has 0 N–H and O–H groups in total. The number of aromatic nitrogens is 4. The van der Waals surface area contributed by atoms with Crippen molar-refractivity contribution in [2.45, 2.75) is 0 Å². The van der Waals surface area contributed by atoms with Crippen LogP contribution in [0.25, 0.3) is 61.1 Å². The van der Waals surface area contributed by atoms with Gasteiger partial charge in [-0.25, -0.2) is 4.98 Å². The fraction of sp³-hybridized carbons (Fsp3) is 0. The second-order valence-electron chi connectivity index (χ2n) is 7.76. The fourth-order valence-corrected chi connectivity index (χ4v) is 4.49. The molecular formula is C27H16N4O. The van der Waals surface area contributed by atoms with E-state index in [-0.39, 0.29) is 0 Å². The lowest BCUT2D eigenvalue weighted by atomic mass is 10.2. The summed E-state index contributed by atoms with van der Waals surface area (Å²) in [5.74, 6) is 0. The number of para-hydroxylation sites is 1. The minimum Gasteiger partial charge on any atom is -0.454 e. The van der Waals surface area contributed by atoms with E-state index in [1.54, 1.807) is 6.20 Å². The van der Waals surface area contributed by atoms with Crippen molar-refractivity contribution in [1.82, 2.24) is 19.5 Å². The van der Waals surface area contributed by atoms with Gasteiger partial charge >= 0.3 is 0 Å². The molecule has 32 heavy (non-hydrogen) atoms. The Hall–Kier alpha value is -4.51. The monoisotopic (exact) mass is 412 g/mol. The largest absolute Gasteiger partial charge is 0.454 e. The molecule has 7 aromatic rings. The van der Waals surface area contributed by atoms with Gasteiger partial charge in [0.25, 0.3) is 0 Å². The molecule has 0 unspecified atom stereocenters. The van der Waals surface area contributed by atoms with E-state index in [9.17, 15) is 0 Å². The molecule has 0 saturated heterocycles. The third-order valence-corrected chi connectivity index (χ3v) is 5.91. The van der Waals surface area contributed by atoms with E-state index in [0.717, 1.165) is 61.1 Å². The van der Waals surface area contributed by atoms with E-state index in [1.807, 2.05) is 48.7 Å². The van der Waals surface area contributed by atoms with Gasteiger partial charge in [-0.3, -0.25) is 9.97 Å². The Morgan fingerprint density at radius 1 is 0.594 bits per heavy atom. The van der Waals surface area contributed by atoms with Crippen molar-refractivity contribution in [3.63, 3.8) is 0 Å². The van der Waals surface area contributed by atoms with Crippen LogP contribution in [0.3, 0.4) is 0 Å². The average Bonchev–Trinajstić information content (AvgIpc) is 3.39. The van der Waals surface area contributed by atoms with Crippen molar-refractivity contribution in [3.05, 3.63) is 97.3 Å². The van der Waals surface area contributed by atoms with Crippen LogP contribution in [0, 0.1) is 0 Å². The number of furan rings is 1. The van der Waals surface area contributed by atoms with E-state index in [2.05, 4.69) is 57.0 Å². The van der Waals surface area contributed by atoms with Crippen LogP contribution in [0.5, 0.6) is 0 Å². The third-order valence-electron chi connectivity index (χ3n) is 5.91. The maximum Gasteiger partial charge on any atom is 0.153 e. The van der Waals surface area contributed by atoms with Crippen molar-refractivity contribution in [3.8, 4) is 17.1 Å². The van der Waals surface area contributed by atoms with Gasteiger partial charge in [0.05, 0.1) is 27.9 Å². The zero-order chi connectivity index (χ0) is 21.1. The van der Waals surface area contributed by atoms with Crippen LogP contribution in [-0.4, -0.2) is 19.5 Å². The van der Waals surface area contributed by atoms with Gasteiger partial charge in [-0.05, 0) is 60.7 Å². The smallest absolute Gasteiger partial charge is 0.153 e. The minimum absolute atomic E-state index is 0.765. The lowest BCUT2D eigenvalue weighted by Crippen LogP contribution is -1.93. The van der Waals surface area contributed by atoms with E-state index in [1.165, 1.54) is 0 Å². The predicted molar refractivity (Wildman–Crippen MR) is 127 cm³/mol. The summed E-state index contributed by atoms with van der Waals surface area (Å²) in [6, 6.07) is 28.5. The van der Waals surface area contributed by atoms with Crippen LogP contribution in [-0.2, 0) is 0 Å². The van der Waals surface area contributed by atoms with Gasteiger partial charge in [0.2, 0.25) is 0 Å². The van der Waals surface area contributed by atoms with Crippen molar-refractivity contribution < 1.29 is 4.42 Å². The highest BCUT2D eigenvalue weighted by atomic mass is 16.3. The first-order valence-electron chi connectivity index (χ1n) is 10.5. The molecule has 0 bridgehead atoms. The first-order chi connectivity index (χ1) is 15.9. The molecule has 0 atom stereocenters. The van der Waals surface area contributed by atoms with Crippen molar-refractivity contribution in [2.75, 3.05) is 0 Å². The first-order valence-corrected chi connectivity index (χ1v) is 10.5. The summed E-state index contributed by atoms with van der Waals surface area (Å²) in [6.45, 7) is 0. The molecular weight excluding hydrogens is 396 g/mol. The molecule has 0 radical (unpaired) electrons. The fourth-order valence-electron chi connectivity index (χ4n) is 4.49. The van der Waals surface area contributed by atoms with Gasteiger partial charge in [-0.15, -0.1) is 0 Å². The summed E-state index contributed by atoms with van der Waals surface area (Å²) < 4.78 is 8.33. The summed E-state index contributed by atoms with van der Waals surface area (Å²) in [6.07, 6.45) is 3.62. The minimum atomic E-state index is 0.765. The first kappa shape index (κ1) is 17.2. The highest BCUT2D eigenvalue weighted by molar-refractivity contribution is 6.08. The molecule has 7 rings (SSSR count). The highest BCUT2D eigenvalue weighted by Crippen LogP contribution is 2.34. The zero-order valence-electron chi connectivity index (χ0n) is 16.9. The van der Waals surface area contributed by atoms with Gasteiger partial charge < -0.3 is 8.98 Å². The molecule has 5 aromatic heterocycles. The van der Waals surface area contributed by atoms with Crippen molar-refractivity contribution in [1.29, 1.82) is 0 Å². The molecule has 5 heteroatoms. The SMILES string of the molecule is c1ccc(-c2ccc3oc4ccc(-n5c6ccccc6c6ncccc65)cc4c3n2)nc1. The Morgan fingerprint density at radius 2 is 1.44 bits per heavy atom. The standard InChI is InChI=1S/C27H16N4O/c1-2-8-22-18(6-1)26-23(9-5-15-29-26)31(22)17-10-12-24-19(16-17)27-25(32-24)13-11-21(30-27)20-7-3-4-14-28-20/h1-16H. The zero-order valence-corrected chi connectivity index (χ0v) is 16.9. The number of hydrogen-bond donors (Lipinski definition) is 0. The maximum atomic E-state index is 6.09. The van der Waals surface area contributed by atoms with Gasteiger partial charge in [0, 0.05) is 28.9 Å². The molecule has 0 saturated carbocycles. The van der Waals surface area contributed by atoms with E-state index >= 15 is 0 Å². The molecule has 2 aromatic carbocycles. The number of pyridine rings is 3.